The topological polar surface area (TPSA) is 91.9 Å². The van der Waals surface area contributed by atoms with E-state index in [0.717, 1.165) is 17.8 Å². The largest absolute Gasteiger partial charge is 0.366 e. The van der Waals surface area contributed by atoms with E-state index < -0.39 is 15.5 Å². The molecule has 0 bridgehead atoms. The van der Waals surface area contributed by atoms with Gasteiger partial charge in [0.15, 0.2) is 4.90 Å². The highest BCUT2D eigenvalue weighted by Crippen LogP contribution is 2.13. The van der Waals surface area contributed by atoms with Crippen molar-refractivity contribution in [3.05, 3.63) is 52.1 Å². The second-order valence-electron chi connectivity index (χ2n) is 4.15. The van der Waals surface area contributed by atoms with E-state index in [9.17, 15) is 13.2 Å². The summed E-state index contributed by atoms with van der Waals surface area (Å²) in [5.74, 6) is 0.195. The van der Waals surface area contributed by atoms with Crippen LogP contribution in [0.1, 0.15) is 11.3 Å². The number of aromatic amines is 1. The third-order valence-corrected chi connectivity index (χ3v) is 3.79. The lowest BCUT2D eigenvalue weighted by molar-refractivity contribution is 0.600. The van der Waals surface area contributed by atoms with Gasteiger partial charge in [-0.1, -0.05) is 0 Å². The Morgan fingerprint density at radius 1 is 1.26 bits per heavy atom. The second kappa shape index (κ2) is 4.85. The number of pyridine rings is 2. The van der Waals surface area contributed by atoms with Crippen molar-refractivity contribution < 1.29 is 8.42 Å². The zero-order chi connectivity index (χ0) is 14.0. The van der Waals surface area contributed by atoms with E-state index in [1.54, 1.807) is 13.0 Å². The molecule has 0 radical (unpaired) electrons. The van der Waals surface area contributed by atoms with E-state index >= 15 is 0 Å². The van der Waals surface area contributed by atoms with Gasteiger partial charge in [0.1, 0.15) is 5.82 Å². The van der Waals surface area contributed by atoms with Crippen molar-refractivity contribution in [3.63, 3.8) is 0 Å². The van der Waals surface area contributed by atoms with Gasteiger partial charge in [0.2, 0.25) is 5.43 Å². The fraction of sp³-hybridized carbons (Fsp3) is 0.167. The maximum atomic E-state index is 12.1. The highest BCUT2D eigenvalue weighted by atomic mass is 32.2. The summed E-state index contributed by atoms with van der Waals surface area (Å²) < 4.78 is 26.4. The van der Waals surface area contributed by atoms with Crippen molar-refractivity contribution in [1.29, 1.82) is 0 Å². The Morgan fingerprint density at radius 2 is 2.00 bits per heavy atom. The summed E-state index contributed by atoms with van der Waals surface area (Å²) in [4.78, 5) is 17.8. The van der Waals surface area contributed by atoms with Crippen molar-refractivity contribution in [1.82, 2.24) is 9.97 Å². The highest BCUT2D eigenvalue weighted by Gasteiger charge is 2.18. The summed E-state index contributed by atoms with van der Waals surface area (Å²) in [5, 5.41) is 0. The van der Waals surface area contributed by atoms with Crippen LogP contribution >= 0.6 is 0 Å². The molecular formula is C12H13N3O3S. The lowest BCUT2D eigenvalue weighted by Crippen LogP contribution is -2.21. The number of hydrogen-bond acceptors (Lipinski definition) is 4. The highest BCUT2D eigenvalue weighted by molar-refractivity contribution is 7.92. The Bertz CT molecular complexity index is 746. The first-order valence-electron chi connectivity index (χ1n) is 5.54. The first-order chi connectivity index (χ1) is 8.88. The molecule has 0 aromatic carbocycles. The zero-order valence-corrected chi connectivity index (χ0v) is 11.3. The van der Waals surface area contributed by atoms with Gasteiger partial charge in [0.05, 0.1) is 0 Å². The quantitative estimate of drug-likeness (QED) is 0.882. The molecule has 0 saturated carbocycles. The van der Waals surface area contributed by atoms with Crippen molar-refractivity contribution >= 4 is 15.8 Å². The van der Waals surface area contributed by atoms with Crippen LogP contribution in [0, 0.1) is 13.8 Å². The number of nitrogens with zero attached hydrogens (tertiary/aromatic N) is 1. The van der Waals surface area contributed by atoms with Gasteiger partial charge in [-0.15, -0.1) is 0 Å². The minimum atomic E-state index is -3.93. The molecule has 0 atom stereocenters. The molecule has 2 heterocycles. The Labute approximate surface area is 110 Å². The fourth-order valence-corrected chi connectivity index (χ4v) is 2.74. The molecule has 0 amide bonds. The molecule has 2 aromatic rings. The molecule has 0 aliphatic heterocycles. The van der Waals surface area contributed by atoms with Crippen LogP contribution < -0.4 is 10.2 Å². The number of aromatic nitrogens is 2. The smallest absolute Gasteiger partial charge is 0.268 e. The molecule has 2 N–H and O–H groups in total. The summed E-state index contributed by atoms with van der Waals surface area (Å²) >= 11 is 0. The maximum absolute atomic E-state index is 12.1. The van der Waals surface area contributed by atoms with Gasteiger partial charge in [-0.3, -0.25) is 9.52 Å². The number of anilines is 1. The van der Waals surface area contributed by atoms with Crippen LogP contribution in [0.15, 0.2) is 40.3 Å². The SMILES string of the molecule is Cc1cc(C)nc(NS(=O)(=O)c2c[nH]ccc2=O)c1. The van der Waals surface area contributed by atoms with E-state index in [4.69, 9.17) is 0 Å². The first kappa shape index (κ1) is 13.3. The molecule has 2 aromatic heterocycles. The lowest BCUT2D eigenvalue weighted by atomic mass is 10.2. The van der Waals surface area contributed by atoms with Gasteiger partial charge >= 0.3 is 0 Å². The van der Waals surface area contributed by atoms with Crippen molar-refractivity contribution in [2.75, 3.05) is 4.72 Å². The molecule has 0 aliphatic rings. The minimum absolute atomic E-state index is 0.195. The Kier molecular flexibility index (Phi) is 3.39. The van der Waals surface area contributed by atoms with Crippen LogP contribution in [0.25, 0.3) is 0 Å². The molecule has 0 spiro atoms. The van der Waals surface area contributed by atoms with Gasteiger partial charge in [-0.2, -0.15) is 0 Å². The predicted molar refractivity (Wildman–Crippen MR) is 71.6 cm³/mol. The fourth-order valence-electron chi connectivity index (χ4n) is 1.70. The van der Waals surface area contributed by atoms with Crippen molar-refractivity contribution in [2.45, 2.75) is 18.7 Å². The molecule has 0 aliphatic carbocycles. The average molecular weight is 279 g/mol. The number of aryl methyl sites for hydroxylation is 2. The molecule has 0 fully saturated rings. The molecule has 0 saturated heterocycles. The van der Waals surface area contributed by atoms with Gasteiger partial charge in [0, 0.05) is 24.2 Å². The van der Waals surface area contributed by atoms with Crippen LogP contribution in [0.2, 0.25) is 0 Å². The van der Waals surface area contributed by atoms with Gasteiger partial charge in [-0.25, -0.2) is 13.4 Å². The van der Waals surface area contributed by atoms with Gasteiger partial charge < -0.3 is 4.98 Å². The molecular weight excluding hydrogens is 266 g/mol. The summed E-state index contributed by atoms with van der Waals surface area (Å²) in [6, 6.07) is 4.58. The zero-order valence-electron chi connectivity index (χ0n) is 10.5. The second-order valence-corrected chi connectivity index (χ2v) is 5.80. The maximum Gasteiger partial charge on any atom is 0.268 e. The summed E-state index contributed by atoms with van der Waals surface area (Å²) in [7, 11) is -3.93. The Morgan fingerprint density at radius 3 is 2.63 bits per heavy atom. The Hall–Kier alpha value is -2.15. The Balaban J connectivity index is 2.42. The summed E-state index contributed by atoms with van der Waals surface area (Å²) in [6.45, 7) is 3.60. The standard InChI is InChI=1S/C12H13N3O3S/c1-8-5-9(2)14-12(6-8)15-19(17,18)11-7-13-4-3-10(11)16/h3-7H,1-2H3,(H,13,16)(H,14,15). The third-order valence-electron chi connectivity index (χ3n) is 2.41. The number of nitrogens with one attached hydrogen (secondary N) is 2. The molecule has 6 nitrogen and oxygen atoms in total. The van der Waals surface area contributed by atoms with Gasteiger partial charge in [-0.05, 0) is 31.5 Å². The van der Waals surface area contributed by atoms with Crippen LogP contribution in [0.3, 0.4) is 0 Å². The van der Waals surface area contributed by atoms with Crippen LogP contribution in [0.5, 0.6) is 0 Å². The molecule has 7 heteroatoms. The first-order valence-corrected chi connectivity index (χ1v) is 7.02. The monoisotopic (exact) mass is 279 g/mol. The van der Waals surface area contributed by atoms with E-state index in [2.05, 4.69) is 14.7 Å². The normalized spacial score (nSPS) is 11.3. The van der Waals surface area contributed by atoms with E-state index in [1.165, 1.54) is 6.20 Å². The van der Waals surface area contributed by atoms with E-state index in [0.29, 0.717) is 5.69 Å². The number of H-pyrrole nitrogens is 1. The minimum Gasteiger partial charge on any atom is -0.366 e. The lowest BCUT2D eigenvalue weighted by Gasteiger charge is -2.08. The molecule has 2 rings (SSSR count). The number of hydrogen-bond donors (Lipinski definition) is 2. The third kappa shape index (κ3) is 3.00. The predicted octanol–water partition coefficient (Wildman–Crippen LogP) is 1.19. The molecule has 0 unspecified atom stereocenters. The molecule has 100 valence electrons. The summed E-state index contributed by atoms with van der Waals surface area (Å²) in [6.07, 6.45) is 2.52. The van der Waals surface area contributed by atoms with E-state index in [1.807, 2.05) is 13.0 Å². The molecule has 19 heavy (non-hydrogen) atoms. The van der Waals surface area contributed by atoms with Crippen molar-refractivity contribution in [2.24, 2.45) is 0 Å². The van der Waals surface area contributed by atoms with Crippen LogP contribution in [-0.2, 0) is 10.0 Å². The number of rotatable bonds is 3. The van der Waals surface area contributed by atoms with Crippen LogP contribution in [0.4, 0.5) is 5.82 Å². The van der Waals surface area contributed by atoms with E-state index in [-0.39, 0.29) is 10.7 Å². The van der Waals surface area contributed by atoms with Crippen molar-refractivity contribution in [3.8, 4) is 0 Å². The average Bonchev–Trinajstić information content (AvgIpc) is 2.26. The number of sulfonamides is 1. The van der Waals surface area contributed by atoms with Crippen LogP contribution in [-0.4, -0.2) is 18.4 Å². The summed E-state index contributed by atoms with van der Waals surface area (Å²) in [5.41, 5.74) is 1.00. The van der Waals surface area contributed by atoms with Gasteiger partial charge in [0.25, 0.3) is 10.0 Å².